The molecular weight excluding hydrogens is 448 g/mol. The molecule has 0 saturated heterocycles. The Hall–Kier alpha value is -2.98. The van der Waals surface area contributed by atoms with E-state index in [1.807, 2.05) is 32.0 Å². The second-order valence-electron chi connectivity index (χ2n) is 7.59. The number of benzene rings is 2. The Balaban J connectivity index is 1.65. The Labute approximate surface area is 188 Å². The first-order valence-electron chi connectivity index (χ1n) is 9.95. The molecule has 0 fully saturated rings. The number of rotatable bonds is 8. The molecule has 0 spiro atoms. The Morgan fingerprint density at radius 2 is 1.59 bits per heavy atom. The molecule has 0 saturated carbocycles. The van der Waals surface area contributed by atoms with Crippen molar-refractivity contribution in [1.82, 2.24) is 9.97 Å². The van der Waals surface area contributed by atoms with E-state index in [0.717, 1.165) is 22.9 Å². The molecule has 0 amide bonds. The largest absolute Gasteiger partial charge is 0.370 e. The minimum atomic E-state index is -3.54. The van der Waals surface area contributed by atoms with Crippen LogP contribution in [0.2, 0.25) is 0 Å². The number of aromatic nitrogens is 2. The SMILES string of the molecule is Cc1cccc(-c2cc(NCCCS(=O)(=O)c3ccc(S(C)(=O)=O)cc3)nc(N)n2)c1C. The zero-order chi connectivity index (χ0) is 23.5. The van der Waals surface area contributed by atoms with Gasteiger partial charge in [0.25, 0.3) is 0 Å². The summed E-state index contributed by atoms with van der Waals surface area (Å²) in [4.78, 5) is 8.68. The molecule has 3 aromatic rings. The summed E-state index contributed by atoms with van der Waals surface area (Å²) in [6.07, 6.45) is 1.41. The maximum Gasteiger partial charge on any atom is 0.222 e. The third kappa shape index (κ3) is 5.63. The molecule has 0 atom stereocenters. The van der Waals surface area contributed by atoms with E-state index in [0.29, 0.717) is 24.5 Å². The highest BCUT2D eigenvalue weighted by molar-refractivity contribution is 7.91. The predicted molar refractivity (Wildman–Crippen MR) is 126 cm³/mol. The fraction of sp³-hybridized carbons (Fsp3) is 0.273. The first-order chi connectivity index (χ1) is 15.0. The Bertz CT molecular complexity index is 1340. The molecule has 1 aromatic heterocycles. The van der Waals surface area contributed by atoms with Gasteiger partial charge in [0.2, 0.25) is 5.95 Å². The number of sulfone groups is 2. The molecule has 0 bridgehead atoms. The maximum absolute atomic E-state index is 12.5. The zero-order valence-corrected chi connectivity index (χ0v) is 19.8. The van der Waals surface area contributed by atoms with E-state index >= 15 is 0 Å². The molecule has 0 unspecified atom stereocenters. The Morgan fingerprint density at radius 1 is 0.938 bits per heavy atom. The van der Waals surface area contributed by atoms with Crippen molar-refractivity contribution in [2.45, 2.75) is 30.1 Å². The zero-order valence-electron chi connectivity index (χ0n) is 18.2. The van der Waals surface area contributed by atoms with Gasteiger partial charge in [-0.2, -0.15) is 4.98 Å². The van der Waals surface area contributed by atoms with Crippen molar-refractivity contribution in [3.63, 3.8) is 0 Å². The molecule has 32 heavy (non-hydrogen) atoms. The first kappa shape index (κ1) is 23.7. The van der Waals surface area contributed by atoms with Gasteiger partial charge in [-0.15, -0.1) is 0 Å². The lowest BCUT2D eigenvalue weighted by molar-refractivity contribution is 0.592. The predicted octanol–water partition coefficient (Wildman–Crippen LogP) is 3.02. The summed E-state index contributed by atoms with van der Waals surface area (Å²) in [5.74, 6) is 0.552. The number of anilines is 2. The van der Waals surface area contributed by atoms with Crippen LogP contribution in [-0.2, 0) is 19.7 Å². The van der Waals surface area contributed by atoms with Gasteiger partial charge < -0.3 is 11.1 Å². The van der Waals surface area contributed by atoms with E-state index in [2.05, 4.69) is 15.3 Å². The van der Waals surface area contributed by atoms with Crippen molar-refractivity contribution in [3.8, 4) is 11.3 Å². The topological polar surface area (TPSA) is 132 Å². The van der Waals surface area contributed by atoms with E-state index < -0.39 is 19.7 Å². The molecule has 170 valence electrons. The number of aryl methyl sites for hydroxylation is 1. The lowest BCUT2D eigenvalue weighted by Crippen LogP contribution is -2.13. The third-order valence-corrected chi connectivity index (χ3v) is 8.08. The highest BCUT2D eigenvalue weighted by Gasteiger charge is 2.16. The van der Waals surface area contributed by atoms with Crippen LogP contribution in [0.3, 0.4) is 0 Å². The molecule has 0 aliphatic carbocycles. The maximum atomic E-state index is 12.5. The third-order valence-electron chi connectivity index (χ3n) is 5.13. The van der Waals surface area contributed by atoms with Gasteiger partial charge in [-0.3, -0.25) is 0 Å². The van der Waals surface area contributed by atoms with Crippen molar-refractivity contribution >= 4 is 31.4 Å². The summed E-state index contributed by atoms with van der Waals surface area (Å²) in [5, 5.41) is 3.11. The van der Waals surface area contributed by atoms with E-state index in [4.69, 9.17) is 5.73 Å². The molecule has 0 aliphatic rings. The van der Waals surface area contributed by atoms with Crippen LogP contribution in [-0.4, -0.2) is 45.4 Å². The Morgan fingerprint density at radius 3 is 2.25 bits per heavy atom. The number of nitrogen functional groups attached to an aromatic ring is 1. The summed E-state index contributed by atoms with van der Waals surface area (Å²) >= 11 is 0. The molecule has 2 aromatic carbocycles. The normalized spacial score (nSPS) is 12.0. The lowest BCUT2D eigenvalue weighted by atomic mass is 10.0. The molecule has 3 rings (SSSR count). The van der Waals surface area contributed by atoms with Crippen LogP contribution in [0.4, 0.5) is 11.8 Å². The van der Waals surface area contributed by atoms with Crippen molar-refractivity contribution in [2.75, 3.05) is 29.6 Å². The molecule has 1 heterocycles. The van der Waals surface area contributed by atoms with E-state index in [1.165, 1.54) is 24.3 Å². The molecule has 0 aliphatic heterocycles. The van der Waals surface area contributed by atoms with Crippen LogP contribution >= 0.6 is 0 Å². The van der Waals surface area contributed by atoms with Crippen LogP contribution in [0.1, 0.15) is 17.5 Å². The average molecular weight is 475 g/mol. The highest BCUT2D eigenvalue weighted by Crippen LogP contribution is 2.26. The van der Waals surface area contributed by atoms with Gasteiger partial charge in [-0.25, -0.2) is 21.8 Å². The minimum Gasteiger partial charge on any atom is -0.370 e. The standard InChI is InChI=1S/C22H26N4O4S2/c1-15-6-4-7-19(16(15)2)20-14-21(26-22(23)25-20)24-12-5-13-32(29,30)18-10-8-17(9-11-18)31(3,27)28/h4,6-11,14H,5,12-13H2,1-3H3,(H3,23,24,25,26). The second kappa shape index (κ2) is 9.25. The van der Waals surface area contributed by atoms with Gasteiger partial charge in [0.1, 0.15) is 5.82 Å². The number of nitrogens with zero attached hydrogens (tertiary/aromatic N) is 2. The summed E-state index contributed by atoms with van der Waals surface area (Å²) in [6, 6.07) is 13.0. The molecule has 8 nitrogen and oxygen atoms in total. The summed E-state index contributed by atoms with van der Waals surface area (Å²) in [7, 11) is -6.92. The molecular formula is C22H26N4O4S2. The Kier molecular flexibility index (Phi) is 6.85. The smallest absolute Gasteiger partial charge is 0.222 e. The number of hydrogen-bond donors (Lipinski definition) is 2. The minimum absolute atomic E-state index is 0.0825. The van der Waals surface area contributed by atoms with Crippen LogP contribution < -0.4 is 11.1 Å². The molecule has 10 heteroatoms. The number of nitrogens with two attached hydrogens (primary N) is 1. The fourth-order valence-corrected chi connectivity index (χ4v) is 5.15. The summed E-state index contributed by atoms with van der Waals surface area (Å²) in [6.45, 7) is 4.41. The van der Waals surface area contributed by atoms with Gasteiger partial charge in [-0.05, 0) is 55.7 Å². The summed E-state index contributed by atoms with van der Waals surface area (Å²) < 4.78 is 48.2. The van der Waals surface area contributed by atoms with Gasteiger partial charge in [0.05, 0.1) is 21.2 Å². The van der Waals surface area contributed by atoms with Gasteiger partial charge in [0, 0.05) is 24.4 Å². The molecule has 0 radical (unpaired) electrons. The van der Waals surface area contributed by atoms with Crippen LogP contribution in [0.15, 0.2) is 58.3 Å². The van der Waals surface area contributed by atoms with Crippen molar-refractivity contribution in [1.29, 1.82) is 0 Å². The van der Waals surface area contributed by atoms with Crippen LogP contribution in [0.5, 0.6) is 0 Å². The van der Waals surface area contributed by atoms with Gasteiger partial charge in [-0.1, -0.05) is 18.2 Å². The van der Waals surface area contributed by atoms with Crippen molar-refractivity contribution in [2.24, 2.45) is 0 Å². The van der Waals surface area contributed by atoms with Gasteiger partial charge >= 0.3 is 0 Å². The monoisotopic (exact) mass is 474 g/mol. The fourth-order valence-electron chi connectivity index (χ4n) is 3.21. The van der Waals surface area contributed by atoms with Gasteiger partial charge in [0.15, 0.2) is 19.7 Å². The number of hydrogen-bond acceptors (Lipinski definition) is 8. The molecule has 3 N–H and O–H groups in total. The van der Waals surface area contributed by atoms with E-state index in [-0.39, 0.29) is 21.5 Å². The quantitative estimate of drug-likeness (QED) is 0.476. The van der Waals surface area contributed by atoms with Crippen molar-refractivity contribution in [3.05, 3.63) is 59.7 Å². The van der Waals surface area contributed by atoms with Crippen molar-refractivity contribution < 1.29 is 16.8 Å². The average Bonchev–Trinajstić information content (AvgIpc) is 2.72. The van der Waals surface area contributed by atoms with E-state index in [1.54, 1.807) is 6.07 Å². The van der Waals surface area contributed by atoms with Crippen LogP contribution in [0.25, 0.3) is 11.3 Å². The summed E-state index contributed by atoms with van der Waals surface area (Å²) in [5.41, 5.74) is 9.77. The second-order valence-corrected chi connectivity index (χ2v) is 11.7. The first-order valence-corrected chi connectivity index (χ1v) is 13.5. The van der Waals surface area contributed by atoms with E-state index in [9.17, 15) is 16.8 Å². The van der Waals surface area contributed by atoms with Crippen LogP contribution in [0, 0.1) is 13.8 Å². The highest BCUT2D eigenvalue weighted by atomic mass is 32.2. The lowest BCUT2D eigenvalue weighted by Gasteiger charge is -2.11. The number of nitrogens with one attached hydrogen (secondary N) is 1.